The molecule has 0 saturated carbocycles. The third-order valence-electron chi connectivity index (χ3n) is 4.00. The monoisotopic (exact) mass is 265 g/mol. The van der Waals surface area contributed by atoms with E-state index >= 15 is 0 Å². The Morgan fingerprint density at radius 2 is 2.16 bits per heavy atom. The number of halogens is 1. The van der Waals surface area contributed by atoms with Gasteiger partial charge in [-0.2, -0.15) is 0 Å². The van der Waals surface area contributed by atoms with Gasteiger partial charge in [0.1, 0.15) is 5.82 Å². The van der Waals surface area contributed by atoms with Gasteiger partial charge in [-0.05, 0) is 44.3 Å². The molecule has 1 aromatic rings. The molecule has 2 rings (SSSR count). The lowest BCUT2D eigenvalue weighted by Gasteiger charge is -2.41. The van der Waals surface area contributed by atoms with Crippen LogP contribution in [0, 0.1) is 5.82 Å². The van der Waals surface area contributed by atoms with Gasteiger partial charge in [0, 0.05) is 37.9 Å². The maximum Gasteiger partial charge on any atom is 0.123 e. The van der Waals surface area contributed by atoms with Crippen molar-refractivity contribution in [1.82, 2.24) is 10.2 Å². The number of benzene rings is 1. The average Bonchev–Trinajstić information content (AvgIpc) is 2.40. The highest BCUT2D eigenvalue weighted by molar-refractivity contribution is 5.54. The maximum absolute atomic E-state index is 13.4. The lowest BCUT2D eigenvalue weighted by molar-refractivity contribution is 0.213. The van der Waals surface area contributed by atoms with Crippen molar-refractivity contribution in [2.75, 3.05) is 38.6 Å². The molecule has 1 unspecified atom stereocenters. The van der Waals surface area contributed by atoms with Crippen LogP contribution < -0.4 is 10.2 Å². The fourth-order valence-corrected chi connectivity index (χ4v) is 2.80. The van der Waals surface area contributed by atoms with Crippen molar-refractivity contribution < 1.29 is 4.39 Å². The Kier molecular flexibility index (Phi) is 4.77. The molecule has 4 heteroatoms. The summed E-state index contributed by atoms with van der Waals surface area (Å²) in [5.41, 5.74) is 2.21. The van der Waals surface area contributed by atoms with Crippen molar-refractivity contribution in [3.63, 3.8) is 0 Å². The molecular weight excluding hydrogens is 241 g/mol. The summed E-state index contributed by atoms with van der Waals surface area (Å²) < 4.78 is 13.4. The van der Waals surface area contributed by atoms with Crippen LogP contribution in [0.15, 0.2) is 18.2 Å². The van der Waals surface area contributed by atoms with Crippen molar-refractivity contribution in [2.45, 2.75) is 25.9 Å². The highest BCUT2D eigenvalue weighted by Crippen LogP contribution is 2.25. The van der Waals surface area contributed by atoms with Gasteiger partial charge in [-0.1, -0.05) is 6.92 Å². The Morgan fingerprint density at radius 1 is 1.37 bits per heavy atom. The largest absolute Gasteiger partial charge is 0.368 e. The Balaban J connectivity index is 2.21. The molecule has 1 aromatic carbocycles. The summed E-state index contributed by atoms with van der Waals surface area (Å²) in [6.45, 7) is 6.03. The number of rotatable bonds is 4. The first kappa shape index (κ1) is 14.3. The van der Waals surface area contributed by atoms with Gasteiger partial charge in [0.25, 0.3) is 0 Å². The molecule has 106 valence electrons. The van der Waals surface area contributed by atoms with Crippen LogP contribution in [0.4, 0.5) is 10.1 Å². The van der Waals surface area contributed by atoms with Crippen LogP contribution in [0.1, 0.15) is 18.9 Å². The van der Waals surface area contributed by atoms with E-state index in [9.17, 15) is 4.39 Å². The van der Waals surface area contributed by atoms with Crippen LogP contribution in [-0.4, -0.2) is 44.7 Å². The topological polar surface area (TPSA) is 18.5 Å². The molecule has 0 amide bonds. The summed E-state index contributed by atoms with van der Waals surface area (Å²) >= 11 is 0. The molecular formula is C15H24FN3. The third-order valence-corrected chi connectivity index (χ3v) is 4.00. The fourth-order valence-electron chi connectivity index (χ4n) is 2.80. The molecule has 1 aliphatic heterocycles. The number of hydrogen-bond acceptors (Lipinski definition) is 3. The number of likely N-dealkylation sites (N-methyl/N-ethyl adjacent to an activating group) is 1. The highest BCUT2D eigenvalue weighted by Gasteiger charge is 2.24. The minimum absolute atomic E-state index is 0.157. The van der Waals surface area contributed by atoms with Crippen LogP contribution in [0.2, 0.25) is 0 Å². The molecule has 1 aliphatic rings. The minimum Gasteiger partial charge on any atom is -0.368 e. The minimum atomic E-state index is -0.157. The molecule has 0 bridgehead atoms. The molecule has 1 atom stereocenters. The summed E-state index contributed by atoms with van der Waals surface area (Å²) in [6.07, 6.45) is 1.15. The van der Waals surface area contributed by atoms with E-state index in [4.69, 9.17) is 0 Å². The van der Waals surface area contributed by atoms with Crippen LogP contribution in [-0.2, 0) is 6.54 Å². The second kappa shape index (κ2) is 6.35. The van der Waals surface area contributed by atoms with Gasteiger partial charge in [0.15, 0.2) is 0 Å². The van der Waals surface area contributed by atoms with Crippen LogP contribution in [0.3, 0.4) is 0 Å². The van der Waals surface area contributed by atoms with Crippen molar-refractivity contribution in [2.24, 2.45) is 0 Å². The molecule has 1 fully saturated rings. The van der Waals surface area contributed by atoms with Gasteiger partial charge in [0.2, 0.25) is 0 Å². The molecule has 19 heavy (non-hydrogen) atoms. The number of hydrogen-bond donors (Lipinski definition) is 1. The van der Waals surface area contributed by atoms with Gasteiger partial charge in [-0.15, -0.1) is 0 Å². The molecule has 1 N–H and O–H groups in total. The number of nitrogens with one attached hydrogen (secondary N) is 1. The highest BCUT2D eigenvalue weighted by atomic mass is 19.1. The summed E-state index contributed by atoms with van der Waals surface area (Å²) in [6, 6.07) is 5.71. The zero-order valence-electron chi connectivity index (χ0n) is 12.1. The normalized spacial score (nSPS) is 20.8. The molecule has 0 spiro atoms. The standard InChI is InChI=1S/C15H24FN3/c1-4-14-11-19(8-7-18(14)3)15-6-5-13(16)9-12(15)10-17-2/h5-6,9,14,17H,4,7-8,10-11H2,1-3H3. The molecule has 0 aromatic heterocycles. The third kappa shape index (κ3) is 3.25. The van der Waals surface area contributed by atoms with Gasteiger partial charge in [-0.25, -0.2) is 4.39 Å². The summed E-state index contributed by atoms with van der Waals surface area (Å²) in [5, 5.41) is 3.12. The number of anilines is 1. The van der Waals surface area contributed by atoms with E-state index in [0.29, 0.717) is 12.6 Å². The summed E-state index contributed by atoms with van der Waals surface area (Å²) in [4.78, 5) is 4.80. The SMILES string of the molecule is CCC1CN(c2ccc(F)cc2CNC)CCN1C. The van der Waals surface area contributed by atoms with Gasteiger partial charge >= 0.3 is 0 Å². The Hall–Kier alpha value is -1.13. The Labute approximate surface area is 115 Å². The van der Waals surface area contributed by atoms with E-state index in [2.05, 4.69) is 29.1 Å². The van der Waals surface area contributed by atoms with Gasteiger partial charge in [0.05, 0.1) is 0 Å². The molecule has 1 heterocycles. The first-order valence-electron chi connectivity index (χ1n) is 7.04. The average molecular weight is 265 g/mol. The van der Waals surface area contributed by atoms with Crippen LogP contribution in [0.5, 0.6) is 0 Å². The number of nitrogens with zero attached hydrogens (tertiary/aromatic N) is 2. The summed E-state index contributed by atoms with van der Waals surface area (Å²) in [7, 11) is 4.08. The second-order valence-electron chi connectivity index (χ2n) is 5.29. The quantitative estimate of drug-likeness (QED) is 0.899. The second-order valence-corrected chi connectivity index (χ2v) is 5.29. The lowest BCUT2D eigenvalue weighted by atomic mass is 10.1. The predicted octanol–water partition coefficient (Wildman–Crippen LogP) is 2.08. The molecule has 1 saturated heterocycles. The lowest BCUT2D eigenvalue weighted by Crippen LogP contribution is -2.51. The van der Waals surface area contributed by atoms with E-state index in [-0.39, 0.29) is 5.82 Å². The van der Waals surface area contributed by atoms with Gasteiger partial charge in [-0.3, -0.25) is 4.90 Å². The maximum atomic E-state index is 13.4. The van der Waals surface area contributed by atoms with Gasteiger partial charge < -0.3 is 10.2 Å². The molecule has 0 radical (unpaired) electrons. The zero-order chi connectivity index (χ0) is 13.8. The molecule has 3 nitrogen and oxygen atoms in total. The van der Waals surface area contributed by atoms with E-state index in [1.807, 2.05) is 13.1 Å². The van der Waals surface area contributed by atoms with Crippen molar-refractivity contribution in [3.8, 4) is 0 Å². The number of piperazine rings is 1. The summed E-state index contributed by atoms with van der Waals surface area (Å²) in [5.74, 6) is -0.157. The van der Waals surface area contributed by atoms with E-state index in [0.717, 1.165) is 31.6 Å². The van der Waals surface area contributed by atoms with E-state index in [1.54, 1.807) is 12.1 Å². The zero-order valence-corrected chi connectivity index (χ0v) is 12.1. The van der Waals surface area contributed by atoms with Crippen molar-refractivity contribution >= 4 is 5.69 Å². The van der Waals surface area contributed by atoms with Crippen molar-refractivity contribution in [3.05, 3.63) is 29.6 Å². The predicted molar refractivity (Wildman–Crippen MR) is 78.1 cm³/mol. The van der Waals surface area contributed by atoms with E-state index in [1.165, 1.54) is 5.69 Å². The Morgan fingerprint density at radius 3 is 2.84 bits per heavy atom. The first-order chi connectivity index (χ1) is 9.15. The molecule has 0 aliphatic carbocycles. The smallest absolute Gasteiger partial charge is 0.123 e. The van der Waals surface area contributed by atoms with Crippen LogP contribution >= 0.6 is 0 Å². The fraction of sp³-hybridized carbons (Fsp3) is 0.600. The first-order valence-corrected chi connectivity index (χ1v) is 7.04. The van der Waals surface area contributed by atoms with E-state index < -0.39 is 0 Å². The van der Waals surface area contributed by atoms with Crippen molar-refractivity contribution in [1.29, 1.82) is 0 Å². The van der Waals surface area contributed by atoms with Crippen LogP contribution in [0.25, 0.3) is 0 Å². The Bertz CT molecular complexity index is 422.